The average Bonchev–Trinajstić information content (AvgIpc) is 3.10. The summed E-state index contributed by atoms with van der Waals surface area (Å²) >= 11 is 1.86. The number of nitrogens with zero attached hydrogens (tertiary/aromatic N) is 4. The van der Waals surface area contributed by atoms with Crippen molar-refractivity contribution in [2.75, 3.05) is 39.8 Å². The van der Waals surface area contributed by atoms with Crippen LogP contribution in [0.2, 0.25) is 0 Å². The predicted molar refractivity (Wildman–Crippen MR) is 107 cm³/mol. The Morgan fingerprint density at radius 2 is 1.93 bits per heavy atom. The molecule has 0 spiro atoms. The molecule has 0 radical (unpaired) electrons. The van der Waals surface area contributed by atoms with Crippen LogP contribution < -0.4 is 5.32 Å². The maximum Gasteiger partial charge on any atom is 0.403 e. The Morgan fingerprint density at radius 1 is 1.21 bits per heavy atom. The lowest BCUT2D eigenvalue weighted by Gasteiger charge is -2.39. The van der Waals surface area contributed by atoms with Crippen LogP contribution in [0.4, 0.5) is 13.2 Å². The molecule has 1 saturated heterocycles. The minimum Gasteiger partial charge on any atom is -0.356 e. The van der Waals surface area contributed by atoms with Crippen LogP contribution in [0.25, 0.3) is 0 Å². The first-order chi connectivity index (χ1) is 13.4. The van der Waals surface area contributed by atoms with E-state index in [1.54, 1.807) is 7.05 Å². The molecule has 1 aromatic heterocycles. The number of alkyl halides is 3. The lowest BCUT2D eigenvalue weighted by atomic mass is 10.0. The van der Waals surface area contributed by atoms with Gasteiger partial charge < -0.3 is 10.2 Å². The molecule has 1 fully saturated rings. The molecule has 0 saturated carbocycles. The van der Waals surface area contributed by atoms with E-state index in [-0.39, 0.29) is 0 Å². The molecule has 1 aromatic rings. The van der Waals surface area contributed by atoms with E-state index in [0.717, 1.165) is 31.8 Å². The number of rotatable bonds is 5. The highest BCUT2D eigenvalue weighted by molar-refractivity contribution is 7.11. The first-order valence-corrected chi connectivity index (χ1v) is 10.9. The van der Waals surface area contributed by atoms with E-state index < -0.39 is 12.2 Å². The minimum absolute atomic E-state index is 0.395. The molecule has 0 bridgehead atoms. The monoisotopic (exact) mass is 417 g/mol. The van der Waals surface area contributed by atoms with E-state index in [1.165, 1.54) is 46.7 Å². The third kappa shape index (κ3) is 5.37. The SMILES string of the molecule is CN=C(NCCCc1nc2c(s1)CCCC2)N1CCN(C(C)C(F)(F)F)CC1. The molecule has 1 aliphatic carbocycles. The van der Waals surface area contributed by atoms with Crippen LogP contribution >= 0.6 is 11.3 Å². The predicted octanol–water partition coefficient (Wildman–Crippen LogP) is 3.10. The Bertz CT molecular complexity index is 642. The Kier molecular flexibility index (Phi) is 7.20. The molecule has 1 unspecified atom stereocenters. The van der Waals surface area contributed by atoms with Crippen molar-refractivity contribution in [3.8, 4) is 0 Å². The summed E-state index contributed by atoms with van der Waals surface area (Å²) in [5, 5.41) is 4.58. The third-order valence-corrected chi connectivity index (χ3v) is 6.80. The molecule has 158 valence electrons. The minimum atomic E-state index is -4.17. The van der Waals surface area contributed by atoms with Crippen molar-refractivity contribution >= 4 is 17.3 Å². The van der Waals surface area contributed by atoms with Gasteiger partial charge in [0.25, 0.3) is 0 Å². The molecular formula is C19H30F3N5S. The number of hydrogen-bond acceptors (Lipinski definition) is 4. The quantitative estimate of drug-likeness (QED) is 0.454. The van der Waals surface area contributed by atoms with Crippen LogP contribution in [0.1, 0.15) is 41.8 Å². The van der Waals surface area contributed by atoms with Crippen LogP contribution in [-0.4, -0.2) is 72.7 Å². The number of aromatic nitrogens is 1. The van der Waals surface area contributed by atoms with E-state index in [4.69, 9.17) is 4.98 Å². The van der Waals surface area contributed by atoms with Crippen molar-refractivity contribution in [1.29, 1.82) is 0 Å². The number of nitrogens with one attached hydrogen (secondary N) is 1. The normalized spacial score (nSPS) is 20.2. The van der Waals surface area contributed by atoms with Gasteiger partial charge in [-0.3, -0.25) is 9.89 Å². The Hall–Kier alpha value is -1.35. The molecule has 0 amide bonds. The van der Waals surface area contributed by atoms with E-state index in [1.807, 2.05) is 16.2 Å². The van der Waals surface area contributed by atoms with E-state index >= 15 is 0 Å². The number of guanidine groups is 1. The van der Waals surface area contributed by atoms with Gasteiger partial charge >= 0.3 is 6.18 Å². The van der Waals surface area contributed by atoms with Gasteiger partial charge in [0.15, 0.2) is 5.96 Å². The number of hydrogen-bond donors (Lipinski definition) is 1. The number of aliphatic imine (C=N–C) groups is 1. The standard InChI is InChI=1S/C19H30F3N5S/c1-14(19(20,21)22)26-10-12-27(13-11-26)18(23-2)24-9-5-8-17-25-15-6-3-4-7-16(15)28-17/h14H,3-13H2,1-2H3,(H,23,24). The molecule has 28 heavy (non-hydrogen) atoms. The maximum atomic E-state index is 12.9. The van der Waals surface area contributed by atoms with Crippen LogP contribution in [0.15, 0.2) is 4.99 Å². The molecular weight excluding hydrogens is 387 g/mol. The van der Waals surface area contributed by atoms with Crippen molar-refractivity contribution in [1.82, 2.24) is 20.1 Å². The maximum absolute atomic E-state index is 12.9. The van der Waals surface area contributed by atoms with Gasteiger partial charge in [-0.15, -0.1) is 11.3 Å². The first kappa shape index (κ1) is 21.4. The fourth-order valence-electron chi connectivity index (χ4n) is 3.81. The van der Waals surface area contributed by atoms with E-state index in [0.29, 0.717) is 26.2 Å². The van der Waals surface area contributed by atoms with Crippen LogP contribution in [0.3, 0.4) is 0 Å². The second-order valence-electron chi connectivity index (χ2n) is 7.50. The fraction of sp³-hybridized carbons (Fsp3) is 0.789. The molecule has 1 atom stereocenters. The third-order valence-electron chi connectivity index (χ3n) is 5.59. The van der Waals surface area contributed by atoms with Crippen molar-refractivity contribution in [3.05, 3.63) is 15.6 Å². The number of halogens is 3. The summed E-state index contributed by atoms with van der Waals surface area (Å²) in [5.74, 6) is 0.776. The van der Waals surface area contributed by atoms with Crippen LogP contribution in [-0.2, 0) is 19.3 Å². The fourth-order valence-corrected chi connectivity index (χ4v) is 5.01. The Balaban J connectivity index is 1.40. The number of piperazine rings is 1. The van der Waals surface area contributed by atoms with E-state index in [9.17, 15) is 13.2 Å². The van der Waals surface area contributed by atoms with Gasteiger partial charge in [-0.1, -0.05) is 0 Å². The summed E-state index contributed by atoms with van der Waals surface area (Å²) in [6.45, 7) is 3.92. The summed E-state index contributed by atoms with van der Waals surface area (Å²) in [7, 11) is 1.72. The zero-order valence-corrected chi connectivity index (χ0v) is 17.5. The van der Waals surface area contributed by atoms with Gasteiger partial charge in [-0.05, 0) is 39.0 Å². The summed E-state index contributed by atoms with van der Waals surface area (Å²) in [6.07, 6.45) is 2.59. The summed E-state index contributed by atoms with van der Waals surface area (Å²) < 4.78 is 38.6. The van der Waals surface area contributed by atoms with Crippen LogP contribution in [0.5, 0.6) is 0 Å². The topological polar surface area (TPSA) is 43.8 Å². The number of fused-ring (bicyclic) bond motifs is 1. The molecule has 2 heterocycles. The van der Waals surface area contributed by atoms with Crippen molar-refractivity contribution < 1.29 is 13.2 Å². The summed E-state index contributed by atoms with van der Waals surface area (Å²) in [5.41, 5.74) is 1.31. The molecule has 1 aliphatic heterocycles. The Labute approximate surface area is 169 Å². The summed E-state index contributed by atoms with van der Waals surface area (Å²) in [6, 6.07) is -1.39. The molecule has 2 aliphatic rings. The number of aryl methyl sites for hydroxylation is 3. The lowest BCUT2D eigenvalue weighted by Crippen LogP contribution is -2.56. The second kappa shape index (κ2) is 9.43. The lowest BCUT2D eigenvalue weighted by molar-refractivity contribution is -0.181. The van der Waals surface area contributed by atoms with E-state index in [2.05, 4.69) is 10.3 Å². The molecule has 9 heteroatoms. The summed E-state index contributed by atoms with van der Waals surface area (Å²) in [4.78, 5) is 14.1. The zero-order valence-electron chi connectivity index (χ0n) is 16.7. The van der Waals surface area contributed by atoms with Crippen molar-refractivity contribution in [3.63, 3.8) is 0 Å². The van der Waals surface area contributed by atoms with Gasteiger partial charge in [0.2, 0.25) is 0 Å². The Morgan fingerprint density at radius 3 is 2.57 bits per heavy atom. The highest BCUT2D eigenvalue weighted by atomic mass is 32.1. The van der Waals surface area contributed by atoms with Crippen molar-refractivity contribution in [2.45, 2.75) is 57.7 Å². The zero-order chi connectivity index (χ0) is 20.1. The highest BCUT2D eigenvalue weighted by Crippen LogP contribution is 2.27. The largest absolute Gasteiger partial charge is 0.403 e. The first-order valence-electron chi connectivity index (χ1n) is 10.1. The van der Waals surface area contributed by atoms with Gasteiger partial charge in [-0.25, -0.2) is 4.98 Å². The van der Waals surface area contributed by atoms with Gasteiger partial charge in [-0.2, -0.15) is 13.2 Å². The molecule has 1 N–H and O–H groups in total. The smallest absolute Gasteiger partial charge is 0.356 e. The molecule has 3 rings (SSSR count). The van der Waals surface area contributed by atoms with Gasteiger partial charge in [0.05, 0.1) is 10.7 Å². The number of thiazole rings is 1. The van der Waals surface area contributed by atoms with Gasteiger partial charge in [0.1, 0.15) is 6.04 Å². The van der Waals surface area contributed by atoms with Crippen molar-refractivity contribution in [2.24, 2.45) is 4.99 Å². The highest BCUT2D eigenvalue weighted by Gasteiger charge is 2.41. The van der Waals surface area contributed by atoms with Crippen LogP contribution in [0, 0.1) is 0 Å². The average molecular weight is 418 g/mol. The van der Waals surface area contributed by atoms with Gasteiger partial charge in [0, 0.05) is 51.1 Å². The molecule has 0 aromatic carbocycles. The second-order valence-corrected chi connectivity index (χ2v) is 8.67. The molecule has 5 nitrogen and oxygen atoms in total.